The molecule has 0 unspecified atom stereocenters. The number of thioether (sulfide) groups is 1. The first-order valence-corrected chi connectivity index (χ1v) is 2.02. The average Bonchev–Trinajstić information content (AvgIpc) is 1.41. The molecule has 0 rings (SSSR count). The average molecular weight is 129 g/mol. The molecule has 0 radical (unpaired) electrons. The minimum Gasteiger partial charge on any atom is -1.00 e. The van der Waals surface area contributed by atoms with Gasteiger partial charge in [0.2, 0.25) is 0 Å². The Morgan fingerprint density at radius 1 is 2.00 bits per heavy atom. The molecule has 0 atom stereocenters. The van der Waals surface area contributed by atoms with Gasteiger partial charge in [0, 0.05) is 0 Å². The van der Waals surface area contributed by atoms with Crippen LogP contribution in [0.15, 0.2) is 0 Å². The fourth-order valence-electron chi connectivity index (χ4n) is 0.0289. The maximum absolute atomic E-state index is 7.81. The maximum Gasteiger partial charge on any atom is 1.00 e. The van der Waals surface area contributed by atoms with E-state index in [0.29, 0.717) is 0 Å². The van der Waals surface area contributed by atoms with Crippen LogP contribution in [0, 0.1) is 10.7 Å². The van der Waals surface area contributed by atoms with E-state index in [1.807, 2.05) is 0 Å². The molecule has 0 aromatic heterocycles. The van der Waals surface area contributed by atoms with Crippen LogP contribution in [0.25, 0.3) is 0 Å². The van der Waals surface area contributed by atoms with Gasteiger partial charge >= 0.3 is 51.4 Å². The van der Waals surface area contributed by atoms with Crippen molar-refractivity contribution < 1.29 is 57.9 Å². The Morgan fingerprint density at radius 2 is 2.50 bits per heavy atom. The summed E-state index contributed by atoms with van der Waals surface area (Å²) in [6.07, 6.45) is 0. The van der Waals surface area contributed by atoms with Crippen molar-refractivity contribution in [1.29, 1.82) is 5.26 Å². The number of nitriles is 1. The number of hydrogen-bond acceptors (Lipinski definition) is 3. The van der Waals surface area contributed by atoms with Gasteiger partial charge in [-0.25, -0.2) is 0 Å². The van der Waals surface area contributed by atoms with Crippen LogP contribution >= 0.6 is 11.8 Å². The van der Waals surface area contributed by atoms with Crippen molar-refractivity contribution in [3.05, 3.63) is 0 Å². The Morgan fingerprint density at radius 3 is 2.50 bits per heavy atom. The van der Waals surface area contributed by atoms with Crippen molar-refractivity contribution >= 4 is 11.8 Å². The van der Waals surface area contributed by atoms with Gasteiger partial charge in [0.05, 0.1) is 0 Å². The Labute approximate surface area is 84.8 Å². The molecule has 0 saturated carbocycles. The molecule has 0 aliphatic rings. The molecule has 0 spiro atoms. The minimum absolute atomic E-state index is 0. The van der Waals surface area contributed by atoms with Gasteiger partial charge in [0.25, 0.3) is 0 Å². The van der Waals surface area contributed by atoms with Gasteiger partial charge in [-0.2, -0.15) is 5.26 Å². The van der Waals surface area contributed by atoms with Gasteiger partial charge in [-0.05, 0) is 11.8 Å². The van der Waals surface area contributed by atoms with E-state index in [4.69, 9.17) is 10.4 Å². The Balaban J connectivity index is -0.0000000800. The SMILES string of the molecule is N#CSCO.[H-].[K+]. The second-order valence-corrected chi connectivity index (χ2v) is 1.09. The van der Waals surface area contributed by atoms with Crippen molar-refractivity contribution in [1.82, 2.24) is 0 Å². The molecule has 0 aromatic carbocycles. The van der Waals surface area contributed by atoms with Crippen LogP contribution < -0.4 is 51.4 Å². The van der Waals surface area contributed by atoms with Crippen LogP contribution in [0.5, 0.6) is 0 Å². The zero-order valence-corrected chi connectivity index (χ0v) is 7.45. The molecule has 0 aliphatic carbocycles. The van der Waals surface area contributed by atoms with Crippen molar-refractivity contribution in [3.8, 4) is 5.40 Å². The van der Waals surface area contributed by atoms with E-state index in [2.05, 4.69) is 0 Å². The fourth-order valence-corrected chi connectivity index (χ4v) is 0.0866. The van der Waals surface area contributed by atoms with Crippen molar-refractivity contribution in [2.24, 2.45) is 0 Å². The molecule has 6 heavy (non-hydrogen) atoms. The summed E-state index contributed by atoms with van der Waals surface area (Å²) in [5.74, 6) is -0.101. The smallest absolute Gasteiger partial charge is 1.00 e. The predicted molar refractivity (Wildman–Crippen MR) is 21.4 cm³/mol. The van der Waals surface area contributed by atoms with Gasteiger partial charge in [-0.3, -0.25) is 0 Å². The second kappa shape index (κ2) is 9.67. The van der Waals surface area contributed by atoms with Gasteiger partial charge < -0.3 is 6.53 Å². The van der Waals surface area contributed by atoms with Crippen LogP contribution in [0.4, 0.5) is 0 Å². The van der Waals surface area contributed by atoms with E-state index in [1.54, 1.807) is 5.40 Å². The summed E-state index contributed by atoms with van der Waals surface area (Å²) in [6, 6.07) is 0. The molecule has 0 saturated heterocycles. The zero-order chi connectivity index (χ0) is 4.12. The number of nitrogens with zero attached hydrogens (tertiary/aromatic N) is 1. The Bertz CT molecular complexity index is 56.1. The van der Waals surface area contributed by atoms with Crippen LogP contribution in [0.1, 0.15) is 1.43 Å². The summed E-state index contributed by atoms with van der Waals surface area (Å²) < 4.78 is 0. The molecule has 4 heteroatoms. The van der Waals surface area contributed by atoms with Gasteiger partial charge in [0.1, 0.15) is 11.3 Å². The number of aliphatic hydroxyl groups excluding tert-OH is 1. The van der Waals surface area contributed by atoms with Crippen LogP contribution in [0.3, 0.4) is 0 Å². The van der Waals surface area contributed by atoms with Gasteiger partial charge in [0.15, 0.2) is 0 Å². The van der Waals surface area contributed by atoms with E-state index in [1.165, 1.54) is 0 Å². The number of aliphatic hydroxyl groups is 1. The first-order valence-electron chi connectivity index (χ1n) is 1.03. The van der Waals surface area contributed by atoms with Gasteiger partial charge in [-0.1, -0.05) is 0 Å². The van der Waals surface area contributed by atoms with E-state index in [0.717, 1.165) is 11.8 Å². The van der Waals surface area contributed by atoms with Crippen molar-refractivity contribution in [2.75, 3.05) is 5.94 Å². The van der Waals surface area contributed by atoms with Crippen LogP contribution in [-0.2, 0) is 0 Å². The molecule has 0 bridgehead atoms. The molecule has 0 fully saturated rings. The summed E-state index contributed by atoms with van der Waals surface area (Å²) in [7, 11) is 0. The molecule has 2 nitrogen and oxygen atoms in total. The predicted octanol–water partition coefficient (Wildman–Crippen LogP) is -2.73. The number of hydrogen-bond donors (Lipinski definition) is 1. The summed E-state index contributed by atoms with van der Waals surface area (Å²) in [5, 5.41) is 17.1. The fraction of sp³-hybridized carbons (Fsp3) is 0.500. The largest absolute Gasteiger partial charge is 1.00 e. The molecule has 0 amide bonds. The summed E-state index contributed by atoms with van der Waals surface area (Å²) in [4.78, 5) is 0. The van der Waals surface area contributed by atoms with Crippen molar-refractivity contribution in [3.63, 3.8) is 0 Å². The first kappa shape index (κ1) is 10.4. The second-order valence-electron chi connectivity index (χ2n) is 0.365. The standard InChI is InChI=1S/C2H3NOS.K.H/c3-1-5-2-4;;/h4H,2H2;;/q;+1;-1. The van der Waals surface area contributed by atoms with Crippen molar-refractivity contribution in [2.45, 2.75) is 0 Å². The molecule has 30 valence electrons. The summed E-state index contributed by atoms with van der Waals surface area (Å²) in [5.41, 5.74) is 0. The van der Waals surface area contributed by atoms with Crippen LogP contribution in [0.2, 0.25) is 0 Å². The van der Waals surface area contributed by atoms with E-state index in [9.17, 15) is 0 Å². The topological polar surface area (TPSA) is 44.0 Å². The van der Waals surface area contributed by atoms with E-state index < -0.39 is 0 Å². The molecular formula is C2H4KNOS. The van der Waals surface area contributed by atoms with Crippen LogP contribution in [-0.4, -0.2) is 11.0 Å². The molecule has 0 aliphatic heterocycles. The van der Waals surface area contributed by atoms with Gasteiger partial charge in [-0.15, -0.1) is 0 Å². The monoisotopic (exact) mass is 129 g/mol. The zero-order valence-electron chi connectivity index (χ0n) is 4.51. The normalized spacial score (nSPS) is 5.33. The van der Waals surface area contributed by atoms with E-state index >= 15 is 0 Å². The number of thiocyanates is 1. The maximum atomic E-state index is 7.81. The third kappa shape index (κ3) is 9.06. The number of rotatable bonds is 1. The Kier molecular flexibility index (Phi) is 16.8. The summed E-state index contributed by atoms with van der Waals surface area (Å²) >= 11 is 0.824. The molecule has 0 aromatic rings. The third-order valence-corrected chi connectivity index (χ3v) is 0.387. The quantitative estimate of drug-likeness (QED) is 0.237. The molecule has 0 heterocycles. The molecular weight excluding hydrogens is 125 g/mol. The summed E-state index contributed by atoms with van der Waals surface area (Å²) in [6.45, 7) is 0. The minimum atomic E-state index is -0.101. The third-order valence-electron chi connectivity index (χ3n) is 0.129. The Hall–Kier alpha value is 1.44. The van der Waals surface area contributed by atoms with E-state index in [-0.39, 0.29) is 58.8 Å². The molecule has 1 N–H and O–H groups in total. The first-order chi connectivity index (χ1) is 2.41.